The number of aromatic nitrogens is 2. The van der Waals surface area contributed by atoms with Crippen LogP contribution < -0.4 is 15.0 Å². The molecule has 148 valence electrons. The van der Waals surface area contributed by atoms with Crippen LogP contribution in [0, 0.1) is 11.7 Å². The highest BCUT2D eigenvalue weighted by Crippen LogP contribution is 2.27. The van der Waals surface area contributed by atoms with Crippen molar-refractivity contribution in [2.45, 2.75) is 13.0 Å². The molecular formula is C20H17FN4O3S. The van der Waals surface area contributed by atoms with Gasteiger partial charge in [0.1, 0.15) is 18.2 Å². The van der Waals surface area contributed by atoms with Gasteiger partial charge >= 0.3 is 0 Å². The van der Waals surface area contributed by atoms with Gasteiger partial charge in [-0.05, 0) is 36.4 Å². The Hall–Kier alpha value is -3.33. The number of hydrogen-bond donors (Lipinski definition) is 1. The fraction of sp³-hybridized carbons (Fsp3) is 0.200. The van der Waals surface area contributed by atoms with E-state index in [4.69, 9.17) is 4.74 Å². The molecule has 29 heavy (non-hydrogen) atoms. The van der Waals surface area contributed by atoms with Gasteiger partial charge in [-0.1, -0.05) is 29.5 Å². The molecule has 1 saturated heterocycles. The van der Waals surface area contributed by atoms with Crippen LogP contribution in [0.4, 0.5) is 15.2 Å². The Morgan fingerprint density at radius 2 is 1.93 bits per heavy atom. The Morgan fingerprint density at radius 1 is 1.17 bits per heavy atom. The van der Waals surface area contributed by atoms with Crippen molar-refractivity contribution in [3.63, 3.8) is 0 Å². The molecule has 1 aliphatic rings. The van der Waals surface area contributed by atoms with Crippen molar-refractivity contribution >= 4 is 34.0 Å². The maximum absolute atomic E-state index is 13.1. The van der Waals surface area contributed by atoms with E-state index >= 15 is 0 Å². The molecule has 4 rings (SSSR count). The summed E-state index contributed by atoms with van der Waals surface area (Å²) in [7, 11) is 0. The second-order valence-electron chi connectivity index (χ2n) is 6.47. The van der Waals surface area contributed by atoms with Crippen LogP contribution in [0.5, 0.6) is 5.75 Å². The van der Waals surface area contributed by atoms with Crippen LogP contribution in [0.15, 0.2) is 54.6 Å². The zero-order valence-electron chi connectivity index (χ0n) is 15.2. The quantitative estimate of drug-likeness (QED) is 0.672. The molecule has 1 aliphatic heterocycles. The van der Waals surface area contributed by atoms with E-state index in [2.05, 4.69) is 15.5 Å². The lowest BCUT2D eigenvalue weighted by molar-refractivity contribution is -0.122. The van der Waals surface area contributed by atoms with Gasteiger partial charge < -0.3 is 15.0 Å². The third-order valence-corrected chi connectivity index (χ3v) is 5.25. The average Bonchev–Trinajstić information content (AvgIpc) is 3.34. The van der Waals surface area contributed by atoms with Crippen molar-refractivity contribution in [2.24, 2.45) is 5.92 Å². The summed E-state index contributed by atoms with van der Waals surface area (Å²) in [6, 6.07) is 15.0. The van der Waals surface area contributed by atoms with E-state index < -0.39 is 5.92 Å². The molecule has 1 N–H and O–H groups in total. The minimum Gasteiger partial charge on any atom is -0.486 e. The van der Waals surface area contributed by atoms with Gasteiger partial charge in [-0.25, -0.2) is 4.39 Å². The SMILES string of the molecule is O=C(Nc1nnc(COc2ccccc2)s1)C1CC(=O)N(c2ccc(F)cc2)C1. The molecule has 1 aromatic heterocycles. The van der Waals surface area contributed by atoms with Crippen LogP contribution >= 0.6 is 11.3 Å². The molecule has 1 unspecified atom stereocenters. The maximum Gasteiger partial charge on any atom is 0.231 e. The Balaban J connectivity index is 1.33. The van der Waals surface area contributed by atoms with E-state index in [1.807, 2.05) is 30.3 Å². The molecule has 0 bridgehead atoms. The van der Waals surface area contributed by atoms with Gasteiger partial charge in [0.15, 0.2) is 5.01 Å². The van der Waals surface area contributed by atoms with Crippen LogP contribution in [0.1, 0.15) is 11.4 Å². The lowest BCUT2D eigenvalue weighted by Crippen LogP contribution is -2.28. The summed E-state index contributed by atoms with van der Waals surface area (Å²) in [5.74, 6) is -0.641. The molecule has 2 amide bonds. The van der Waals surface area contributed by atoms with Crippen LogP contribution in [0.25, 0.3) is 0 Å². The van der Waals surface area contributed by atoms with E-state index in [0.29, 0.717) is 15.8 Å². The van der Waals surface area contributed by atoms with Gasteiger partial charge in [-0.15, -0.1) is 10.2 Å². The highest BCUT2D eigenvalue weighted by Gasteiger charge is 2.35. The number of carbonyl (C=O) groups is 2. The van der Waals surface area contributed by atoms with Crippen LogP contribution in [0.2, 0.25) is 0 Å². The monoisotopic (exact) mass is 412 g/mol. The predicted molar refractivity (Wildman–Crippen MR) is 106 cm³/mol. The smallest absolute Gasteiger partial charge is 0.231 e. The number of rotatable bonds is 6. The number of nitrogens with one attached hydrogen (secondary N) is 1. The van der Waals surface area contributed by atoms with Crippen LogP contribution in [-0.4, -0.2) is 28.6 Å². The number of benzene rings is 2. The van der Waals surface area contributed by atoms with Gasteiger partial charge in [0.05, 0.1) is 5.92 Å². The standard InChI is InChI=1S/C20H17FN4O3S/c21-14-6-8-15(9-7-14)25-11-13(10-18(25)26)19(27)22-20-24-23-17(29-20)12-28-16-4-2-1-3-5-16/h1-9,13H,10-12H2,(H,22,24,27). The number of amides is 2. The molecule has 0 saturated carbocycles. The molecular weight excluding hydrogens is 395 g/mol. The minimum atomic E-state index is -0.513. The Bertz CT molecular complexity index is 1010. The number of halogens is 1. The summed E-state index contributed by atoms with van der Waals surface area (Å²) in [5.41, 5.74) is 0.572. The molecule has 2 aromatic carbocycles. The van der Waals surface area contributed by atoms with E-state index in [0.717, 1.165) is 5.75 Å². The molecule has 1 atom stereocenters. The molecule has 0 radical (unpaired) electrons. The average molecular weight is 412 g/mol. The minimum absolute atomic E-state index is 0.0893. The maximum atomic E-state index is 13.1. The summed E-state index contributed by atoms with van der Waals surface area (Å²) in [4.78, 5) is 26.3. The van der Waals surface area contributed by atoms with Gasteiger partial charge in [-0.3, -0.25) is 9.59 Å². The number of ether oxygens (including phenoxy) is 1. The Kier molecular flexibility index (Phi) is 5.48. The van der Waals surface area contributed by atoms with E-state index in [1.165, 1.54) is 40.5 Å². The van der Waals surface area contributed by atoms with Crippen LogP contribution in [0.3, 0.4) is 0 Å². The molecule has 2 heterocycles. The summed E-state index contributed by atoms with van der Waals surface area (Å²) >= 11 is 1.22. The first-order chi connectivity index (χ1) is 14.1. The first-order valence-corrected chi connectivity index (χ1v) is 9.77. The second-order valence-corrected chi connectivity index (χ2v) is 7.54. The first-order valence-electron chi connectivity index (χ1n) is 8.95. The van der Waals surface area contributed by atoms with E-state index in [1.54, 1.807) is 0 Å². The molecule has 0 aliphatic carbocycles. The van der Waals surface area contributed by atoms with Gasteiger partial charge in [0.25, 0.3) is 0 Å². The summed E-state index contributed by atoms with van der Waals surface area (Å²) in [6.45, 7) is 0.483. The number of carbonyl (C=O) groups excluding carboxylic acids is 2. The summed E-state index contributed by atoms with van der Waals surface area (Å²) in [6.07, 6.45) is 0.0893. The molecule has 0 spiro atoms. The van der Waals surface area contributed by atoms with Crippen molar-refractivity contribution < 1.29 is 18.7 Å². The third-order valence-electron chi connectivity index (χ3n) is 4.44. The molecule has 1 fully saturated rings. The van der Waals surface area contributed by atoms with E-state index in [-0.39, 0.29) is 37.2 Å². The van der Waals surface area contributed by atoms with Crippen molar-refractivity contribution in [1.29, 1.82) is 0 Å². The number of para-hydroxylation sites is 1. The molecule has 7 nitrogen and oxygen atoms in total. The van der Waals surface area contributed by atoms with Gasteiger partial charge in [0, 0.05) is 18.7 Å². The van der Waals surface area contributed by atoms with Crippen LogP contribution in [-0.2, 0) is 16.2 Å². The third kappa shape index (κ3) is 4.57. The number of nitrogens with zero attached hydrogens (tertiary/aromatic N) is 3. The molecule has 9 heteroatoms. The largest absolute Gasteiger partial charge is 0.486 e. The lowest BCUT2D eigenvalue weighted by atomic mass is 10.1. The first kappa shape index (κ1) is 19.0. The Labute approximate surface area is 170 Å². The Morgan fingerprint density at radius 3 is 2.69 bits per heavy atom. The zero-order chi connectivity index (χ0) is 20.2. The fourth-order valence-corrected chi connectivity index (χ4v) is 3.64. The lowest BCUT2D eigenvalue weighted by Gasteiger charge is -2.16. The van der Waals surface area contributed by atoms with Crippen molar-refractivity contribution in [1.82, 2.24) is 10.2 Å². The number of anilines is 2. The predicted octanol–water partition coefficient (Wildman–Crippen LogP) is 3.25. The summed E-state index contributed by atoms with van der Waals surface area (Å²) in [5, 5.41) is 11.7. The second kappa shape index (κ2) is 8.36. The number of hydrogen-bond acceptors (Lipinski definition) is 6. The van der Waals surface area contributed by atoms with Crippen molar-refractivity contribution in [2.75, 3.05) is 16.8 Å². The normalized spacial score (nSPS) is 16.1. The highest BCUT2D eigenvalue weighted by atomic mass is 32.1. The van der Waals surface area contributed by atoms with Crippen molar-refractivity contribution in [3.05, 3.63) is 65.4 Å². The van der Waals surface area contributed by atoms with Gasteiger partial charge in [0.2, 0.25) is 16.9 Å². The molecule has 3 aromatic rings. The zero-order valence-corrected chi connectivity index (χ0v) is 16.1. The highest BCUT2D eigenvalue weighted by molar-refractivity contribution is 7.15. The van der Waals surface area contributed by atoms with Crippen molar-refractivity contribution in [3.8, 4) is 5.75 Å². The fourth-order valence-electron chi connectivity index (χ4n) is 2.99. The van der Waals surface area contributed by atoms with Gasteiger partial charge in [-0.2, -0.15) is 0 Å². The summed E-state index contributed by atoms with van der Waals surface area (Å²) < 4.78 is 18.7. The topological polar surface area (TPSA) is 84.4 Å². The van der Waals surface area contributed by atoms with E-state index in [9.17, 15) is 14.0 Å².